The van der Waals surface area contributed by atoms with Crippen molar-refractivity contribution in [2.45, 2.75) is 70.5 Å². The molecule has 24 heteroatoms. The van der Waals surface area contributed by atoms with Gasteiger partial charge in [0.05, 0.1) is 30.7 Å². The lowest BCUT2D eigenvalue weighted by atomic mass is 9.99. The smallest absolute Gasteiger partial charge is 0.475 e. The van der Waals surface area contributed by atoms with Gasteiger partial charge in [-0.2, -0.15) is 31.3 Å². The number of hydrogen-bond acceptors (Lipinski definition) is 9. The van der Waals surface area contributed by atoms with E-state index in [0.717, 1.165) is 16.6 Å². The van der Waals surface area contributed by atoms with Crippen molar-refractivity contribution in [3.05, 3.63) is 134 Å². The van der Waals surface area contributed by atoms with Crippen molar-refractivity contribution in [1.82, 2.24) is 43.4 Å². The number of piperidine rings is 1. The summed E-state index contributed by atoms with van der Waals surface area (Å²) in [5, 5.41) is 11.3. The number of carboxylic acid groups (broad SMARTS) is 1. The van der Waals surface area contributed by atoms with E-state index < -0.39 is 53.0 Å². The average Bonchev–Trinajstić information content (AvgIpc) is 4.03. The summed E-state index contributed by atoms with van der Waals surface area (Å²) in [5.41, 5.74) is 1.75. The third kappa shape index (κ3) is 9.25. The molecule has 2 aliphatic heterocycles. The molecule has 0 spiro atoms. The third-order valence-corrected chi connectivity index (χ3v) is 13.1. The average molecular weight is 1010 g/mol. The van der Waals surface area contributed by atoms with Crippen LogP contribution >= 0.6 is 11.6 Å². The second-order valence-electron chi connectivity index (χ2n) is 17.3. The molecule has 2 aromatic carbocycles. The molecular formula is C47H39ClF8N10O5. The number of carboxylic acids is 1. The third-order valence-electron chi connectivity index (χ3n) is 12.9. The van der Waals surface area contributed by atoms with Crippen LogP contribution in [0.2, 0.25) is 5.02 Å². The van der Waals surface area contributed by atoms with Crippen LogP contribution in [0.4, 0.5) is 46.8 Å². The fraction of sp³-hybridized carbons (Fsp3) is 0.319. The molecule has 7 aromatic rings. The number of fused-ring (bicyclic) bond motifs is 4. The fourth-order valence-electron chi connectivity index (χ4n) is 9.20. The van der Waals surface area contributed by atoms with Crippen molar-refractivity contribution in [2.75, 3.05) is 25.0 Å². The Morgan fingerprint density at radius 1 is 0.887 bits per heavy atom. The summed E-state index contributed by atoms with van der Waals surface area (Å²) in [4.78, 5) is 72.1. The van der Waals surface area contributed by atoms with E-state index in [4.69, 9.17) is 26.5 Å². The molecule has 5 aromatic heterocycles. The van der Waals surface area contributed by atoms with Gasteiger partial charge in [0.25, 0.3) is 5.91 Å². The van der Waals surface area contributed by atoms with Gasteiger partial charge in [-0.1, -0.05) is 23.7 Å². The van der Waals surface area contributed by atoms with Crippen molar-refractivity contribution in [1.29, 1.82) is 0 Å². The number of nitrogens with zero attached hydrogens (tertiary/aromatic N) is 9. The van der Waals surface area contributed by atoms with Crippen LogP contribution in [0.3, 0.4) is 0 Å². The summed E-state index contributed by atoms with van der Waals surface area (Å²) in [6.07, 6.45) is -6.24. The molecule has 1 aliphatic carbocycles. The number of hydrogen-bond donors (Lipinski definition) is 2. The zero-order chi connectivity index (χ0) is 50.7. The van der Waals surface area contributed by atoms with Gasteiger partial charge in [-0.15, -0.1) is 0 Å². The van der Waals surface area contributed by atoms with Crippen molar-refractivity contribution in [3.8, 4) is 5.69 Å². The van der Waals surface area contributed by atoms with Crippen LogP contribution in [0.5, 0.6) is 0 Å². The lowest BCUT2D eigenvalue weighted by Crippen LogP contribution is -2.48. The maximum absolute atomic E-state index is 15.0. The Morgan fingerprint density at radius 3 is 2.25 bits per heavy atom. The molecule has 2 amide bonds. The van der Waals surface area contributed by atoms with E-state index in [0.29, 0.717) is 46.8 Å². The van der Waals surface area contributed by atoms with Gasteiger partial charge in [0, 0.05) is 59.2 Å². The predicted molar refractivity (Wildman–Crippen MR) is 240 cm³/mol. The molecule has 2 N–H and O–H groups in total. The highest BCUT2D eigenvalue weighted by Gasteiger charge is 2.69. The maximum Gasteiger partial charge on any atom is 0.490 e. The number of carbonyl (C=O) groups is 3. The first-order valence-corrected chi connectivity index (χ1v) is 22.4. The highest BCUT2D eigenvalue weighted by atomic mass is 35.5. The lowest BCUT2D eigenvalue weighted by Gasteiger charge is -2.35. The first kappa shape index (κ1) is 48.6. The Labute approximate surface area is 401 Å². The topological polar surface area (TPSA) is 173 Å². The number of alkyl halides is 6. The van der Waals surface area contributed by atoms with E-state index in [9.17, 15) is 45.1 Å². The number of aliphatic carboxylic acids is 1. The number of aromatic nitrogens is 7. The molecule has 15 nitrogen and oxygen atoms in total. The predicted octanol–water partition coefficient (Wildman–Crippen LogP) is 8.70. The van der Waals surface area contributed by atoms with E-state index in [1.54, 1.807) is 42.3 Å². The lowest BCUT2D eigenvalue weighted by molar-refractivity contribution is -0.199. The second-order valence-corrected chi connectivity index (χ2v) is 17.8. The normalized spacial score (nSPS) is 15.9. The molecular weight excluding hydrogens is 972 g/mol. The Morgan fingerprint density at radius 2 is 1.62 bits per heavy atom. The number of anilines is 2. The van der Waals surface area contributed by atoms with Gasteiger partial charge in [0.15, 0.2) is 5.65 Å². The number of benzene rings is 2. The van der Waals surface area contributed by atoms with E-state index in [2.05, 4.69) is 20.3 Å². The highest BCUT2D eigenvalue weighted by molar-refractivity contribution is 6.30. The molecule has 10 rings (SSSR count). The second kappa shape index (κ2) is 18.4. The molecule has 3 aliphatic rings. The molecule has 0 unspecified atom stereocenters. The number of rotatable bonds is 8. The zero-order valence-electron chi connectivity index (χ0n) is 37.2. The van der Waals surface area contributed by atoms with Crippen LogP contribution in [-0.4, -0.2) is 98.3 Å². The monoisotopic (exact) mass is 1010 g/mol. The summed E-state index contributed by atoms with van der Waals surface area (Å²) in [7, 11) is 0. The first-order chi connectivity index (χ1) is 33.6. The molecule has 2 fully saturated rings. The molecule has 71 heavy (non-hydrogen) atoms. The van der Waals surface area contributed by atoms with Crippen LogP contribution in [0.15, 0.2) is 83.9 Å². The zero-order valence-corrected chi connectivity index (χ0v) is 37.9. The Balaban J connectivity index is 0.000000831. The van der Waals surface area contributed by atoms with Gasteiger partial charge in [-0.3, -0.25) is 18.7 Å². The maximum atomic E-state index is 15.0. The Kier molecular flexibility index (Phi) is 12.6. The fourth-order valence-corrected chi connectivity index (χ4v) is 9.36. The minimum absolute atomic E-state index is 0.00451. The number of likely N-dealkylation sites (tertiary alicyclic amines) is 1. The van der Waals surface area contributed by atoms with Gasteiger partial charge in [0.1, 0.15) is 33.9 Å². The van der Waals surface area contributed by atoms with Gasteiger partial charge in [-0.25, -0.2) is 33.3 Å². The van der Waals surface area contributed by atoms with E-state index in [1.807, 2.05) is 16.7 Å². The van der Waals surface area contributed by atoms with E-state index in [1.165, 1.54) is 50.6 Å². The summed E-state index contributed by atoms with van der Waals surface area (Å²) >= 11 is 6.03. The van der Waals surface area contributed by atoms with Crippen LogP contribution in [0.1, 0.15) is 64.7 Å². The minimum Gasteiger partial charge on any atom is -0.475 e. The summed E-state index contributed by atoms with van der Waals surface area (Å²) in [6.45, 7) is 2.45. The number of amides is 2. The van der Waals surface area contributed by atoms with Crippen molar-refractivity contribution in [3.63, 3.8) is 0 Å². The number of nitrogens with one attached hydrogen (secondary N) is 1. The van der Waals surface area contributed by atoms with Crippen molar-refractivity contribution >= 4 is 63.2 Å². The SMILES string of the molecule is Cc1nc(Nc2cccc(F)c2)nc2c1n(-c1ccc(C(=O)N3CCc4c(n(Cc5ccc(Cl)cc5F)c5ncccc45)C3)nc1)c(=O)n2C1CCN(C(=O)C2(C(F)(F)F)CC2)CC1.O=C(O)C(F)(F)F. The summed E-state index contributed by atoms with van der Waals surface area (Å²) in [6, 6.07) is 16.6. The molecule has 0 bridgehead atoms. The molecule has 1 saturated heterocycles. The molecule has 1 saturated carbocycles. The van der Waals surface area contributed by atoms with Crippen LogP contribution in [0, 0.1) is 24.0 Å². The van der Waals surface area contributed by atoms with Crippen LogP contribution in [-0.2, 0) is 29.1 Å². The first-order valence-electron chi connectivity index (χ1n) is 22.0. The van der Waals surface area contributed by atoms with Gasteiger partial charge in [0.2, 0.25) is 11.9 Å². The van der Waals surface area contributed by atoms with Gasteiger partial charge >= 0.3 is 24.0 Å². The van der Waals surface area contributed by atoms with Crippen LogP contribution in [0.25, 0.3) is 27.9 Å². The summed E-state index contributed by atoms with van der Waals surface area (Å²) < 4.78 is 107. The quantitative estimate of drug-likeness (QED) is 0.140. The number of aryl methyl sites for hydroxylation is 1. The molecule has 7 heterocycles. The number of carbonyl (C=O) groups excluding carboxylic acids is 2. The Bertz CT molecular complexity index is 3310. The van der Waals surface area contributed by atoms with Gasteiger partial charge < -0.3 is 24.8 Å². The van der Waals surface area contributed by atoms with E-state index >= 15 is 4.39 Å². The van der Waals surface area contributed by atoms with Crippen LogP contribution < -0.4 is 11.0 Å². The number of imidazole rings is 1. The summed E-state index contributed by atoms with van der Waals surface area (Å²) in [5.74, 6) is -4.92. The van der Waals surface area contributed by atoms with E-state index in [-0.39, 0.29) is 80.1 Å². The largest absolute Gasteiger partial charge is 0.490 e. The highest BCUT2D eigenvalue weighted by Crippen LogP contribution is 2.59. The van der Waals surface area contributed by atoms with Gasteiger partial charge in [-0.05, 0) is 99.2 Å². The number of pyridine rings is 2. The molecule has 0 radical (unpaired) electrons. The Hall–Kier alpha value is -7.43. The molecule has 0 atom stereocenters. The van der Waals surface area contributed by atoms with Crippen molar-refractivity contribution < 1.29 is 54.6 Å². The van der Waals surface area contributed by atoms with Crippen molar-refractivity contribution in [2.24, 2.45) is 5.41 Å². The molecule has 370 valence electrons. The standard InChI is InChI=1S/C45H38ClF5N10O3.C2HF3O2/c1-25-37-39(56-42(54-25)55-29-5-2-4-28(47)21-29)61(30-11-17-57(18-12-30)41(63)44(14-15-44)45(49,50)51)43(64)60(37)31-9-10-35(53-22-31)40(62)58-19-13-32-33-6-3-16-52-38(33)59(36(32)24-58)23-26-7-8-27(46)20-34(26)48;3-2(4,5)1(6)7/h2-10,16,20-22,30H,11-15,17-19,23-24H2,1H3,(H,54,55,56);(H,6,7). The minimum atomic E-state index is -5.08. The number of halogens is 9.